The van der Waals surface area contributed by atoms with E-state index in [1.54, 1.807) is 0 Å². The summed E-state index contributed by atoms with van der Waals surface area (Å²) >= 11 is 0. The molecule has 0 unspecified atom stereocenters. The van der Waals surface area contributed by atoms with Gasteiger partial charge in [0.15, 0.2) is 0 Å². The van der Waals surface area contributed by atoms with Crippen molar-refractivity contribution in [1.82, 2.24) is 0 Å². The van der Waals surface area contributed by atoms with Crippen LogP contribution in [0, 0.1) is 17.3 Å². The van der Waals surface area contributed by atoms with Crippen LogP contribution in [0.2, 0.25) is 0 Å². The fourth-order valence-electron chi connectivity index (χ4n) is 2.50. The lowest BCUT2D eigenvalue weighted by molar-refractivity contribution is 0.135. The van der Waals surface area contributed by atoms with E-state index in [1.807, 2.05) is 0 Å². The van der Waals surface area contributed by atoms with Gasteiger partial charge >= 0.3 is 0 Å². The summed E-state index contributed by atoms with van der Waals surface area (Å²) in [5.41, 5.74) is 0.490. The van der Waals surface area contributed by atoms with Gasteiger partial charge in [-0.05, 0) is 36.5 Å². The summed E-state index contributed by atoms with van der Waals surface area (Å²) in [5, 5.41) is 8.84. The molecule has 78 valence electrons. The molecule has 0 radical (unpaired) electrons. The fourth-order valence-corrected chi connectivity index (χ4v) is 2.50. The predicted octanol–water partition coefficient (Wildman–Crippen LogP) is 3.22. The highest BCUT2D eigenvalue weighted by molar-refractivity contribution is 4.80. The number of aliphatic hydroxyl groups is 1. The van der Waals surface area contributed by atoms with E-state index in [-0.39, 0.29) is 0 Å². The molecule has 13 heavy (non-hydrogen) atoms. The van der Waals surface area contributed by atoms with Crippen molar-refractivity contribution in [2.45, 2.75) is 52.9 Å². The van der Waals surface area contributed by atoms with Gasteiger partial charge in [-0.2, -0.15) is 0 Å². The Morgan fingerprint density at radius 2 is 1.62 bits per heavy atom. The van der Waals surface area contributed by atoms with Gasteiger partial charge in [-0.1, -0.05) is 33.6 Å². The molecule has 1 aliphatic carbocycles. The van der Waals surface area contributed by atoms with Crippen molar-refractivity contribution in [3.63, 3.8) is 0 Å². The monoisotopic (exact) mass is 184 g/mol. The molecule has 1 heteroatoms. The standard InChI is InChI=1S/C12H24O/c1-12(2,3)11-6-4-10(5-7-11)8-9-13/h10-11,13H,4-9H2,1-3H3. The second kappa shape index (κ2) is 4.45. The summed E-state index contributed by atoms with van der Waals surface area (Å²) in [6, 6.07) is 0. The third-order valence-electron chi connectivity index (χ3n) is 3.61. The summed E-state index contributed by atoms with van der Waals surface area (Å²) in [6.07, 6.45) is 6.43. The molecular formula is C12H24O. The summed E-state index contributed by atoms with van der Waals surface area (Å²) < 4.78 is 0. The maximum Gasteiger partial charge on any atom is 0.0433 e. The van der Waals surface area contributed by atoms with Crippen molar-refractivity contribution >= 4 is 0 Å². The van der Waals surface area contributed by atoms with Crippen LogP contribution in [0.5, 0.6) is 0 Å². The average molecular weight is 184 g/mol. The smallest absolute Gasteiger partial charge is 0.0433 e. The third-order valence-corrected chi connectivity index (χ3v) is 3.61. The Hall–Kier alpha value is -0.0400. The van der Waals surface area contributed by atoms with E-state index in [0.717, 1.165) is 18.3 Å². The van der Waals surface area contributed by atoms with Crippen molar-refractivity contribution in [3.8, 4) is 0 Å². The molecule has 1 nitrogen and oxygen atoms in total. The molecule has 1 aliphatic rings. The number of aliphatic hydroxyl groups excluding tert-OH is 1. The molecule has 0 heterocycles. The second-order valence-electron chi connectivity index (χ2n) is 5.60. The largest absolute Gasteiger partial charge is 0.396 e. The quantitative estimate of drug-likeness (QED) is 0.698. The first-order valence-electron chi connectivity index (χ1n) is 5.65. The lowest BCUT2D eigenvalue weighted by Gasteiger charge is -2.36. The minimum Gasteiger partial charge on any atom is -0.396 e. The zero-order chi connectivity index (χ0) is 9.90. The molecule has 0 aliphatic heterocycles. The van der Waals surface area contributed by atoms with Gasteiger partial charge < -0.3 is 5.11 Å². The van der Waals surface area contributed by atoms with Crippen LogP contribution in [0.3, 0.4) is 0 Å². The van der Waals surface area contributed by atoms with E-state index in [1.165, 1.54) is 25.7 Å². The van der Waals surface area contributed by atoms with Crippen LogP contribution in [-0.2, 0) is 0 Å². The van der Waals surface area contributed by atoms with Gasteiger partial charge in [-0.3, -0.25) is 0 Å². The molecule has 0 amide bonds. The zero-order valence-corrected chi connectivity index (χ0v) is 9.34. The minimum atomic E-state index is 0.380. The zero-order valence-electron chi connectivity index (χ0n) is 9.34. The van der Waals surface area contributed by atoms with Crippen LogP contribution in [0.4, 0.5) is 0 Å². The minimum absolute atomic E-state index is 0.380. The summed E-state index contributed by atoms with van der Waals surface area (Å²) in [7, 11) is 0. The number of rotatable bonds is 2. The lowest BCUT2D eigenvalue weighted by Crippen LogP contribution is -2.26. The lowest BCUT2D eigenvalue weighted by atomic mass is 9.69. The predicted molar refractivity (Wildman–Crippen MR) is 56.6 cm³/mol. The molecule has 0 spiro atoms. The highest BCUT2D eigenvalue weighted by atomic mass is 16.3. The molecule has 1 saturated carbocycles. The summed E-state index contributed by atoms with van der Waals surface area (Å²) in [4.78, 5) is 0. The molecule has 1 rings (SSSR count). The first kappa shape index (κ1) is 11.0. The number of hydrogen-bond acceptors (Lipinski definition) is 1. The average Bonchev–Trinajstić information content (AvgIpc) is 2.04. The van der Waals surface area contributed by atoms with Gasteiger partial charge in [0.1, 0.15) is 0 Å². The summed E-state index contributed by atoms with van der Waals surface area (Å²) in [5.74, 6) is 1.71. The fraction of sp³-hybridized carbons (Fsp3) is 1.00. The Labute approximate surface area is 82.5 Å². The highest BCUT2D eigenvalue weighted by Gasteiger charge is 2.29. The molecule has 0 aromatic carbocycles. The first-order chi connectivity index (χ1) is 6.04. The Morgan fingerprint density at radius 3 is 2.00 bits per heavy atom. The van der Waals surface area contributed by atoms with Gasteiger partial charge in [0.05, 0.1) is 0 Å². The van der Waals surface area contributed by atoms with Crippen LogP contribution in [-0.4, -0.2) is 11.7 Å². The van der Waals surface area contributed by atoms with Gasteiger partial charge in [0.2, 0.25) is 0 Å². The van der Waals surface area contributed by atoms with Crippen LogP contribution < -0.4 is 0 Å². The molecule has 1 N–H and O–H groups in total. The van der Waals surface area contributed by atoms with Crippen LogP contribution in [0.15, 0.2) is 0 Å². The van der Waals surface area contributed by atoms with Crippen LogP contribution >= 0.6 is 0 Å². The summed E-state index contributed by atoms with van der Waals surface area (Å²) in [6.45, 7) is 7.43. The van der Waals surface area contributed by atoms with Gasteiger partial charge in [-0.15, -0.1) is 0 Å². The highest BCUT2D eigenvalue weighted by Crippen LogP contribution is 2.40. The number of hydrogen-bond donors (Lipinski definition) is 1. The molecule has 0 saturated heterocycles. The van der Waals surface area contributed by atoms with Gasteiger partial charge in [0, 0.05) is 6.61 Å². The van der Waals surface area contributed by atoms with Gasteiger partial charge in [0.25, 0.3) is 0 Å². The molecular weight excluding hydrogens is 160 g/mol. The molecule has 0 bridgehead atoms. The van der Waals surface area contributed by atoms with Crippen LogP contribution in [0.25, 0.3) is 0 Å². The van der Waals surface area contributed by atoms with E-state index in [2.05, 4.69) is 20.8 Å². The maximum absolute atomic E-state index is 8.84. The van der Waals surface area contributed by atoms with E-state index in [4.69, 9.17) is 5.11 Å². The Morgan fingerprint density at radius 1 is 1.08 bits per heavy atom. The van der Waals surface area contributed by atoms with E-state index >= 15 is 0 Å². The van der Waals surface area contributed by atoms with Crippen molar-refractivity contribution in [2.24, 2.45) is 17.3 Å². The second-order valence-corrected chi connectivity index (χ2v) is 5.60. The molecule has 0 aromatic rings. The maximum atomic E-state index is 8.84. The van der Waals surface area contributed by atoms with E-state index in [9.17, 15) is 0 Å². The molecule has 1 fully saturated rings. The van der Waals surface area contributed by atoms with Crippen molar-refractivity contribution in [2.75, 3.05) is 6.61 Å². The first-order valence-corrected chi connectivity index (χ1v) is 5.65. The Balaban J connectivity index is 2.30. The normalized spacial score (nSPS) is 30.5. The van der Waals surface area contributed by atoms with Crippen molar-refractivity contribution in [3.05, 3.63) is 0 Å². The van der Waals surface area contributed by atoms with E-state index < -0.39 is 0 Å². The third kappa shape index (κ3) is 3.30. The SMILES string of the molecule is CC(C)(C)C1CCC(CCO)CC1. The van der Waals surface area contributed by atoms with Crippen LogP contribution in [0.1, 0.15) is 52.9 Å². The Bertz CT molecular complexity index is 138. The van der Waals surface area contributed by atoms with Crippen molar-refractivity contribution in [1.29, 1.82) is 0 Å². The molecule has 0 atom stereocenters. The van der Waals surface area contributed by atoms with Gasteiger partial charge in [-0.25, -0.2) is 0 Å². The van der Waals surface area contributed by atoms with E-state index in [0.29, 0.717) is 12.0 Å². The van der Waals surface area contributed by atoms with Crippen molar-refractivity contribution < 1.29 is 5.11 Å². The molecule has 0 aromatic heterocycles. The topological polar surface area (TPSA) is 20.2 Å². The Kier molecular flexibility index (Phi) is 3.78.